The van der Waals surface area contributed by atoms with E-state index in [0.29, 0.717) is 10.2 Å². The van der Waals surface area contributed by atoms with E-state index in [0.717, 1.165) is 0 Å². The summed E-state index contributed by atoms with van der Waals surface area (Å²) in [6.07, 6.45) is 3.18. The van der Waals surface area contributed by atoms with Crippen LogP contribution in [-0.2, 0) is 0 Å². The Morgan fingerprint density at radius 3 is 2.71 bits per heavy atom. The summed E-state index contributed by atoms with van der Waals surface area (Å²) in [4.78, 5) is 32.4. The number of carbonyl (C=O) groups is 2. The summed E-state index contributed by atoms with van der Waals surface area (Å²) in [5.74, 6) is -0.859. The molecule has 0 bridgehead atoms. The molecule has 0 radical (unpaired) electrons. The zero-order valence-corrected chi connectivity index (χ0v) is 15.5. The summed E-state index contributed by atoms with van der Waals surface area (Å²) < 4.78 is 5.29. The van der Waals surface area contributed by atoms with E-state index in [1.54, 1.807) is 6.26 Å². The molecule has 9 heteroatoms. The summed E-state index contributed by atoms with van der Waals surface area (Å²) in [5.41, 5.74) is 0.0912. The number of nitrogens with zero attached hydrogens (tertiary/aromatic N) is 2. The number of ketones is 1. The zero-order valence-electron chi connectivity index (χ0n) is 12.4. The predicted octanol–water partition coefficient (Wildman–Crippen LogP) is 4.54. The second kappa shape index (κ2) is 8.67. The van der Waals surface area contributed by atoms with Crippen LogP contribution in [0.25, 0.3) is 0 Å². The molecule has 1 aromatic carbocycles. The summed E-state index contributed by atoms with van der Waals surface area (Å²) in [6.45, 7) is 0. The van der Waals surface area contributed by atoms with Crippen LogP contribution in [0.3, 0.4) is 0 Å². The molecule has 0 saturated heterocycles. The SMILES string of the molecule is CSc1ncc(Cl)c(C(=O)Oc2ccc(Cl)cc2C(=O)CCCl)n1. The van der Waals surface area contributed by atoms with Gasteiger partial charge in [0.05, 0.1) is 16.8 Å². The molecule has 0 unspecified atom stereocenters. The van der Waals surface area contributed by atoms with Crippen molar-refractivity contribution in [3.05, 3.63) is 45.7 Å². The van der Waals surface area contributed by atoms with Crippen LogP contribution in [-0.4, -0.2) is 33.9 Å². The van der Waals surface area contributed by atoms with Crippen LogP contribution in [0.15, 0.2) is 29.6 Å². The van der Waals surface area contributed by atoms with Gasteiger partial charge in [0.2, 0.25) is 0 Å². The minimum atomic E-state index is -0.792. The van der Waals surface area contributed by atoms with Gasteiger partial charge in [0.1, 0.15) is 5.75 Å². The second-order valence-corrected chi connectivity index (χ2v) is 6.44. The molecule has 2 rings (SSSR count). The predicted molar refractivity (Wildman–Crippen MR) is 94.9 cm³/mol. The lowest BCUT2D eigenvalue weighted by atomic mass is 10.1. The lowest BCUT2D eigenvalue weighted by Gasteiger charge is -2.10. The first-order chi connectivity index (χ1) is 11.5. The Labute approximate surface area is 157 Å². The van der Waals surface area contributed by atoms with E-state index < -0.39 is 5.97 Å². The minimum absolute atomic E-state index is 0.0559. The molecule has 0 aliphatic carbocycles. The van der Waals surface area contributed by atoms with Crippen molar-refractivity contribution in [3.8, 4) is 5.75 Å². The summed E-state index contributed by atoms with van der Waals surface area (Å²) in [7, 11) is 0. The number of Topliss-reactive ketones (excluding diaryl/α,β-unsaturated/α-hetero) is 1. The molecule has 24 heavy (non-hydrogen) atoms. The Morgan fingerprint density at radius 1 is 1.29 bits per heavy atom. The van der Waals surface area contributed by atoms with Crippen molar-refractivity contribution in [2.45, 2.75) is 11.6 Å². The molecule has 5 nitrogen and oxygen atoms in total. The third kappa shape index (κ3) is 4.60. The van der Waals surface area contributed by atoms with Crippen LogP contribution in [0, 0.1) is 0 Å². The van der Waals surface area contributed by atoms with Crippen molar-refractivity contribution in [2.24, 2.45) is 0 Å². The summed E-state index contributed by atoms with van der Waals surface area (Å²) in [5, 5.41) is 0.777. The number of thioether (sulfide) groups is 1. The van der Waals surface area contributed by atoms with Gasteiger partial charge in [0, 0.05) is 17.3 Å². The van der Waals surface area contributed by atoms with E-state index in [1.807, 2.05) is 0 Å². The second-order valence-electron chi connectivity index (χ2n) is 4.45. The number of hydrogen-bond acceptors (Lipinski definition) is 6. The average Bonchev–Trinajstić information content (AvgIpc) is 2.57. The molecule has 0 saturated carbocycles. The van der Waals surface area contributed by atoms with Gasteiger partial charge < -0.3 is 4.74 Å². The Kier molecular flexibility index (Phi) is 6.86. The highest BCUT2D eigenvalue weighted by atomic mass is 35.5. The lowest BCUT2D eigenvalue weighted by molar-refractivity contribution is 0.0725. The fourth-order valence-electron chi connectivity index (χ4n) is 1.77. The average molecular weight is 406 g/mol. The van der Waals surface area contributed by atoms with E-state index in [-0.39, 0.29) is 40.1 Å². The number of ether oxygens (including phenoxy) is 1. The Morgan fingerprint density at radius 2 is 2.04 bits per heavy atom. The van der Waals surface area contributed by atoms with Gasteiger partial charge in [0.15, 0.2) is 16.6 Å². The Balaban J connectivity index is 2.34. The molecule has 0 N–H and O–H groups in total. The number of hydrogen-bond donors (Lipinski definition) is 0. The first-order valence-corrected chi connectivity index (χ1v) is 9.15. The zero-order chi connectivity index (χ0) is 17.7. The molecule has 1 aromatic heterocycles. The third-order valence-electron chi connectivity index (χ3n) is 2.86. The standard InChI is InChI=1S/C15H11Cl3N2O3S/c1-24-15-19-7-10(18)13(20-15)14(22)23-12-3-2-8(17)6-9(12)11(21)4-5-16/h2-3,6-7H,4-5H2,1H3. The molecule has 1 heterocycles. The number of esters is 1. The van der Waals surface area contributed by atoms with Gasteiger partial charge in [-0.25, -0.2) is 14.8 Å². The molecule has 0 fully saturated rings. The first-order valence-electron chi connectivity index (χ1n) is 6.63. The number of benzene rings is 1. The van der Waals surface area contributed by atoms with Gasteiger partial charge in [-0.2, -0.15) is 0 Å². The summed E-state index contributed by atoms with van der Waals surface area (Å²) in [6, 6.07) is 4.37. The molecular formula is C15H11Cl3N2O3S. The summed E-state index contributed by atoms with van der Waals surface area (Å²) >= 11 is 18.7. The number of alkyl halides is 1. The van der Waals surface area contributed by atoms with E-state index >= 15 is 0 Å². The van der Waals surface area contributed by atoms with Gasteiger partial charge in [-0.3, -0.25) is 4.79 Å². The van der Waals surface area contributed by atoms with Crippen molar-refractivity contribution in [1.82, 2.24) is 9.97 Å². The van der Waals surface area contributed by atoms with Crippen LogP contribution in [0.2, 0.25) is 10.0 Å². The molecule has 2 aromatic rings. The quantitative estimate of drug-likeness (QED) is 0.175. The largest absolute Gasteiger partial charge is 0.421 e. The minimum Gasteiger partial charge on any atom is -0.421 e. The molecule has 0 atom stereocenters. The monoisotopic (exact) mass is 404 g/mol. The van der Waals surface area contributed by atoms with Crippen molar-refractivity contribution in [2.75, 3.05) is 12.1 Å². The van der Waals surface area contributed by atoms with Crippen LogP contribution in [0.1, 0.15) is 27.3 Å². The highest BCUT2D eigenvalue weighted by molar-refractivity contribution is 7.98. The lowest BCUT2D eigenvalue weighted by Crippen LogP contribution is -2.14. The molecular weight excluding hydrogens is 395 g/mol. The molecule has 0 spiro atoms. The smallest absolute Gasteiger partial charge is 0.364 e. The van der Waals surface area contributed by atoms with E-state index in [9.17, 15) is 9.59 Å². The third-order valence-corrected chi connectivity index (χ3v) is 4.13. The molecule has 0 aliphatic rings. The van der Waals surface area contributed by atoms with Crippen molar-refractivity contribution >= 4 is 58.3 Å². The number of rotatable bonds is 6. The van der Waals surface area contributed by atoms with Gasteiger partial charge in [-0.05, 0) is 24.5 Å². The van der Waals surface area contributed by atoms with Crippen LogP contribution in [0.4, 0.5) is 0 Å². The maximum Gasteiger partial charge on any atom is 0.364 e. The molecule has 126 valence electrons. The molecule has 0 aliphatic heterocycles. The highest BCUT2D eigenvalue weighted by Crippen LogP contribution is 2.26. The Bertz CT molecular complexity index is 787. The van der Waals surface area contributed by atoms with Crippen molar-refractivity contribution < 1.29 is 14.3 Å². The van der Waals surface area contributed by atoms with Gasteiger partial charge >= 0.3 is 5.97 Å². The van der Waals surface area contributed by atoms with Crippen LogP contribution in [0.5, 0.6) is 5.75 Å². The maximum atomic E-state index is 12.3. The first kappa shape index (κ1) is 19.0. The van der Waals surface area contributed by atoms with Gasteiger partial charge in [-0.1, -0.05) is 35.0 Å². The van der Waals surface area contributed by atoms with Gasteiger partial charge in [0.25, 0.3) is 0 Å². The molecule has 0 amide bonds. The number of halogens is 3. The Hall–Kier alpha value is -1.34. The van der Waals surface area contributed by atoms with Crippen LogP contribution >= 0.6 is 46.6 Å². The highest BCUT2D eigenvalue weighted by Gasteiger charge is 2.20. The van der Waals surface area contributed by atoms with Crippen LogP contribution < -0.4 is 4.74 Å². The van der Waals surface area contributed by atoms with E-state index in [2.05, 4.69) is 9.97 Å². The van der Waals surface area contributed by atoms with Crippen molar-refractivity contribution in [1.29, 1.82) is 0 Å². The topological polar surface area (TPSA) is 69.2 Å². The fourth-order valence-corrected chi connectivity index (χ4v) is 2.62. The van der Waals surface area contributed by atoms with Crippen molar-refractivity contribution in [3.63, 3.8) is 0 Å². The number of carbonyl (C=O) groups excluding carboxylic acids is 2. The van der Waals surface area contributed by atoms with E-state index in [4.69, 9.17) is 39.5 Å². The number of aromatic nitrogens is 2. The maximum absolute atomic E-state index is 12.3. The fraction of sp³-hybridized carbons (Fsp3) is 0.200. The normalized spacial score (nSPS) is 10.5. The van der Waals surface area contributed by atoms with Gasteiger partial charge in [-0.15, -0.1) is 11.6 Å². The van der Waals surface area contributed by atoms with E-state index in [1.165, 1.54) is 36.2 Å².